The third kappa shape index (κ3) is 3.34. The van der Waals surface area contributed by atoms with Crippen LogP contribution in [0.4, 0.5) is 0 Å². The Morgan fingerprint density at radius 2 is 1.93 bits per heavy atom. The predicted octanol–water partition coefficient (Wildman–Crippen LogP) is 2.29. The summed E-state index contributed by atoms with van der Waals surface area (Å²) in [4.78, 5) is 22.7. The first kappa shape index (κ1) is 12.2. The van der Waals surface area contributed by atoms with Crippen molar-refractivity contribution in [2.24, 2.45) is 11.8 Å². The molecule has 0 aromatic carbocycles. The van der Waals surface area contributed by atoms with E-state index in [1.54, 1.807) is 0 Å². The standard InChI is InChI=1S/C11H15ClO3/c1-2-7-15-11(14)9-6-4-3-5-8(9)10(12)13/h2,8-9H,1,3-7H2. The Kier molecular flexibility index (Phi) is 4.82. The zero-order chi connectivity index (χ0) is 11.3. The fourth-order valence-electron chi connectivity index (χ4n) is 1.93. The Morgan fingerprint density at radius 3 is 2.47 bits per heavy atom. The summed E-state index contributed by atoms with van der Waals surface area (Å²) < 4.78 is 4.94. The highest BCUT2D eigenvalue weighted by Crippen LogP contribution is 2.32. The van der Waals surface area contributed by atoms with Gasteiger partial charge in [0.2, 0.25) is 5.24 Å². The molecule has 0 saturated heterocycles. The van der Waals surface area contributed by atoms with Crippen LogP contribution in [-0.2, 0) is 14.3 Å². The monoisotopic (exact) mass is 230 g/mol. The summed E-state index contributed by atoms with van der Waals surface area (Å²) in [5.41, 5.74) is 0. The van der Waals surface area contributed by atoms with Crippen molar-refractivity contribution in [2.45, 2.75) is 25.7 Å². The lowest BCUT2D eigenvalue weighted by Gasteiger charge is -2.26. The highest BCUT2D eigenvalue weighted by atomic mass is 35.5. The summed E-state index contributed by atoms with van der Waals surface area (Å²) in [5.74, 6) is -1.05. The van der Waals surface area contributed by atoms with Gasteiger partial charge >= 0.3 is 5.97 Å². The summed E-state index contributed by atoms with van der Waals surface area (Å²) >= 11 is 5.46. The van der Waals surface area contributed by atoms with Crippen LogP contribution in [0.5, 0.6) is 0 Å². The molecule has 1 aliphatic carbocycles. The lowest BCUT2D eigenvalue weighted by Crippen LogP contribution is -2.32. The van der Waals surface area contributed by atoms with Gasteiger partial charge in [-0.3, -0.25) is 9.59 Å². The second kappa shape index (κ2) is 5.91. The molecule has 2 unspecified atom stereocenters. The number of ether oxygens (including phenoxy) is 1. The van der Waals surface area contributed by atoms with Crippen molar-refractivity contribution in [1.29, 1.82) is 0 Å². The molecule has 0 aliphatic heterocycles. The van der Waals surface area contributed by atoms with Crippen molar-refractivity contribution in [2.75, 3.05) is 6.61 Å². The van der Waals surface area contributed by atoms with Crippen molar-refractivity contribution in [1.82, 2.24) is 0 Å². The average molecular weight is 231 g/mol. The Hall–Kier alpha value is -0.830. The second-order valence-electron chi connectivity index (χ2n) is 3.72. The highest BCUT2D eigenvalue weighted by Gasteiger charge is 2.35. The van der Waals surface area contributed by atoms with Crippen LogP contribution >= 0.6 is 11.6 Å². The fraction of sp³-hybridized carbons (Fsp3) is 0.636. The maximum Gasteiger partial charge on any atom is 0.310 e. The third-order valence-electron chi connectivity index (χ3n) is 2.70. The Labute approximate surface area is 94.4 Å². The summed E-state index contributed by atoms with van der Waals surface area (Å²) in [6.07, 6.45) is 4.80. The molecule has 2 atom stereocenters. The summed E-state index contributed by atoms with van der Waals surface area (Å²) in [6.45, 7) is 3.65. The lowest BCUT2D eigenvalue weighted by molar-refractivity contribution is -0.152. The Morgan fingerprint density at radius 1 is 1.33 bits per heavy atom. The number of hydrogen-bond donors (Lipinski definition) is 0. The molecule has 1 fully saturated rings. The molecular weight excluding hydrogens is 216 g/mol. The van der Waals surface area contributed by atoms with Gasteiger partial charge in [-0.2, -0.15) is 0 Å². The number of esters is 1. The largest absolute Gasteiger partial charge is 0.461 e. The van der Waals surface area contributed by atoms with E-state index in [0.717, 1.165) is 12.8 Å². The first-order valence-corrected chi connectivity index (χ1v) is 5.51. The molecule has 84 valence electrons. The molecule has 0 N–H and O–H groups in total. The molecule has 3 nitrogen and oxygen atoms in total. The van der Waals surface area contributed by atoms with Crippen LogP contribution in [0.15, 0.2) is 12.7 Å². The first-order valence-electron chi connectivity index (χ1n) is 5.13. The Bertz CT molecular complexity index is 263. The molecular formula is C11H15ClO3. The van der Waals surface area contributed by atoms with E-state index in [4.69, 9.17) is 16.3 Å². The molecule has 0 aromatic heterocycles. The predicted molar refractivity (Wildman–Crippen MR) is 57.5 cm³/mol. The van der Waals surface area contributed by atoms with Crippen LogP contribution < -0.4 is 0 Å². The van der Waals surface area contributed by atoms with Crippen LogP contribution in [0.1, 0.15) is 25.7 Å². The fourth-order valence-corrected chi connectivity index (χ4v) is 2.19. The molecule has 0 bridgehead atoms. The van der Waals surface area contributed by atoms with E-state index in [9.17, 15) is 9.59 Å². The van der Waals surface area contributed by atoms with Gasteiger partial charge in [0.25, 0.3) is 0 Å². The third-order valence-corrected chi connectivity index (χ3v) is 2.98. The van der Waals surface area contributed by atoms with E-state index < -0.39 is 5.24 Å². The molecule has 1 aliphatic rings. The van der Waals surface area contributed by atoms with Gasteiger partial charge in [0.15, 0.2) is 0 Å². The van der Waals surface area contributed by atoms with E-state index in [0.29, 0.717) is 12.8 Å². The van der Waals surface area contributed by atoms with Crippen molar-refractivity contribution < 1.29 is 14.3 Å². The maximum absolute atomic E-state index is 11.6. The van der Waals surface area contributed by atoms with Gasteiger partial charge in [-0.15, -0.1) is 0 Å². The molecule has 1 saturated carbocycles. The normalized spacial score (nSPS) is 25.7. The number of carbonyl (C=O) groups excluding carboxylic acids is 2. The van der Waals surface area contributed by atoms with Crippen LogP contribution in [0, 0.1) is 11.8 Å². The molecule has 0 amide bonds. The maximum atomic E-state index is 11.6. The van der Waals surface area contributed by atoms with Crippen LogP contribution in [0.25, 0.3) is 0 Å². The molecule has 0 spiro atoms. The topological polar surface area (TPSA) is 43.4 Å². The van der Waals surface area contributed by atoms with Crippen molar-refractivity contribution in [3.05, 3.63) is 12.7 Å². The van der Waals surface area contributed by atoms with Crippen molar-refractivity contribution >= 4 is 22.8 Å². The van der Waals surface area contributed by atoms with Crippen LogP contribution in [-0.4, -0.2) is 17.8 Å². The quantitative estimate of drug-likeness (QED) is 0.423. The van der Waals surface area contributed by atoms with Gasteiger partial charge in [0.05, 0.1) is 5.92 Å². The molecule has 1 rings (SSSR count). The van der Waals surface area contributed by atoms with E-state index >= 15 is 0 Å². The van der Waals surface area contributed by atoms with Crippen LogP contribution in [0.2, 0.25) is 0 Å². The minimum absolute atomic E-state index is 0.193. The zero-order valence-electron chi connectivity index (χ0n) is 8.58. The number of rotatable bonds is 4. The number of halogens is 1. The average Bonchev–Trinajstić information content (AvgIpc) is 2.25. The SMILES string of the molecule is C=CCOC(=O)C1CCCCC1C(=O)Cl. The van der Waals surface area contributed by atoms with Crippen molar-refractivity contribution in [3.63, 3.8) is 0 Å². The summed E-state index contributed by atoms with van der Waals surface area (Å²) in [6, 6.07) is 0. The van der Waals surface area contributed by atoms with Gasteiger partial charge in [-0.25, -0.2) is 0 Å². The molecule has 0 radical (unpaired) electrons. The molecule has 0 heterocycles. The van der Waals surface area contributed by atoms with Crippen molar-refractivity contribution in [3.8, 4) is 0 Å². The number of carbonyl (C=O) groups is 2. The highest BCUT2D eigenvalue weighted by molar-refractivity contribution is 6.64. The van der Waals surface area contributed by atoms with Gasteiger partial charge in [-0.05, 0) is 24.4 Å². The van der Waals surface area contributed by atoms with E-state index in [2.05, 4.69) is 6.58 Å². The van der Waals surface area contributed by atoms with E-state index in [-0.39, 0.29) is 24.4 Å². The summed E-state index contributed by atoms with van der Waals surface area (Å²) in [5, 5.41) is -0.421. The van der Waals surface area contributed by atoms with Crippen LogP contribution in [0.3, 0.4) is 0 Å². The second-order valence-corrected chi connectivity index (χ2v) is 4.09. The van der Waals surface area contributed by atoms with E-state index in [1.807, 2.05) is 0 Å². The lowest BCUT2D eigenvalue weighted by atomic mass is 9.80. The molecule has 0 aromatic rings. The minimum Gasteiger partial charge on any atom is -0.461 e. The van der Waals surface area contributed by atoms with Gasteiger partial charge in [0, 0.05) is 5.92 Å². The molecule has 4 heteroatoms. The molecule has 15 heavy (non-hydrogen) atoms. The van der Waals surface area contributed by atoms with E-state index in [1.165, 1.54) is 6.08 Å². The van der Waals surface area contributed by atoms with Gasteiger partial charge in [0.1, 0.15) is 6.61 Å². The first-order chi connectivity index (χ1) is 7.16. The number of hydrogen-bond acceptors (Lipinski definition) is 3. The Balaban J connectivity index is 2.58. The summed E-state index contributed by atoms with van der Waals surface area (Å²) in [7, 11) is 0. The minimum atomic E-state index is -0.421. The van der Waals surface area contributed by atoms with Gasteiger partial charge in [-0.1, -0.05) is 25.5 Å². The zero-order valence-corrected chi connectivity index (χ0v) is 9.33. The smallest absolute Gasteiger partial charge is 0.310 e. The van der Waals surface area contributed by atoms with Gasteiger partial charge < -0.3 is 4.74 Å².